The maximum atomic E-state index is 13.9. The number of hydrogen-bond donors (Lipinski definition) is 0. The minimum atomic E-state index is -0.308. The molecule has 0 spiro atoms. The van der Waals surface area contributed by atoms with Crippen molar-refractivity contribution in [1.82, 2.24) is 14.5 Å². The summed E-state index contributed by atoms with van der Waals surface area (Å²) in [7, 11) is 0. The van der Waals surface area contributed by atoms with E-state index >= 15 is 0 Å². The number of allylic oxidation sites excluding steroid dienone is 1. The zero-order chi connectivity index (χ0) is 21.4. The maximum Gasteiger partial charge on any atom is 0.231 e. The van der Waals surface area contributed by atoms with Crippen LogP contribution in [0.1, 0.15) is 31.7 Å². The lowest BCUT2D eigenvalue weighted by Crippen LogP contribution is -2.39. The Morgan fingerprint density at radius 3 is 2.77 bits per heavy atom. The standard InChI is InChI=1S/C24H24FN3O3/c1-2-3-4-23(29)27-11-9-18(10-12-27)28-20-7-6-17(25)14-19(20)26-24(28)16-5-8-21-22(13-16)31-15-30-21/h2,5-8,13-14,18H,1,3-4,9-12,15H2. The lowest BCUT2D eigenvalue weighted by atomic mass is 10.0. The first-order valence-electron chi connectivity index (χ1n) is 10.6. The SMILES string of the molecule is C=CCCC(=O)N1CCC(n2c(-c3ccc4c(c3)OCO4)nc3cc(F)ccc32)CC1. The summed E-state index contributed by atoms with van der Waals surface area (Å²) in [6, 6.07) is 10.6. The summed E-state index contributed by atoms with van der Waals surface area (Å²) < 4.78 is 27.1. The highest BCUT2D eigenvalue weighted by atomic mass is 19.1. The van der Waals surface area contributed by atoms with Gasteiger partial charge in [-0.25, -0.2) is 9.37 Å². The predicted molar refractivity (Wildman–Crippen MR) is 116 cm³/mol. The van der Waals surface area contributed by atoms with E-state index in [2.05, 4.69) is 11.1 Å². The third-order valence-electron chi connectivity index (χ3n) is 6.03. The van der Waals surface area contributed by atoms with Crippen LogP contribution in [0.15, 0.2) is 49.1 Å². The number of halogens is 1. The number of rotatable bonds is 5. The summed E-state index contributed by atoms with van der Waals surface area (Å²) in [6.07, 6.45) is 4.62. The van der Waals surface area contributed by atoms with E-state index in [9.17, 15) is 9.18 Å². The molecule has 0 unspecified atom stereocenters. The maximum absolute atomic E-state index is 13.9. The molecule has 1 amide bonds. The van der Waals surface area contributed by atoms with Gasteiger partial charge in [-0.2, -0.15) is 0 Å². The first-order chi connectivity index (χ1) is 15.1. The van der Waals surface area contributed by atoms with E-state index in [1.54, 1.807) is 12.1 Å². The van der Waals surface area contributed by atoms with Gasteiger partial charge in [0.05, 0.1) is 11.0 Å². The Labute approximate surface area is 179 Å². The number of benzene rings is 2. The number of aromatic nitrogens is 2. The van der Waals surface area contributed by atoms with Crippen LogP contribution in [0.2, 0.25) is 0 Å². The molecule has 0 radical (unpaired) electrons. The highest BCUT2D eigenvalue weighted by Gasteiger charge is 2.27. The summed E-state index contributed by atoms with van der Waals surface area (Å²) in [5.41, 5.74) is 2.41. The quantitative estimate of drug-likeness (QED) is 0.561. The number of likely N-dealkylation sites (tertiary alicyclic amines) is 1. The lowest BCUT2D eigenvalue weighted by molar-refractivity contribution is -0.132. The van der Waals surface area contributed by atoms with Crippen LogP contribution in [0.4, 0.5) is 4.39 Å². The third kappa shape index (κ3) is 3.65. The van der Waals surface area contributed by atoms with Crippen LogP contribution in [0, 0.1) is 5.82 Å². The van der Waals surface area contributed by atoms with Gasteiger partial charge < -0.3 is 18.9 Å². The zero-order valence-electron chi connectivity index (χ0n) is 17.2. The molecule has 5 rings (SSSR count). The molecule has 1 saturated heterocycles. The molecular weight excluding hydrogens is 397 g/mol. The number of nitrogens with zero attached hydrogens (tertiary/aromatic N) is 3. The normalized spacial score (nSPS) is 16.1. The van der Waals surface area contributed by atoms with Gasteiger partial charge in [-0.1, -0.05) is 6.08 Å². The summed E-state index contributed by atoms with van der Waals surface area (Å²) in [4.78, 5) is 19.1. The molecule has 1 aromatic heterocycles. The highest BCUT2D eigenvalue weighted by molar-refractivity contribution is 5.81. The lowest BCUT2D eigenvalue weighted by Gasteiger charge is -2.33. The molecule has 3 aromatic rings. The number of carbonyl (C=O) groups is 1. The topological polar surface area (TPSA) is 56.6 Å². The van der Waals surface area contributed by atoms with Crippen molar-refractivity contribution in [1.29, 1.82) is 0 Å². The number of carbonyl (C=O) groups excluding carboxylic acids is 1. The van der Waals surface area contributed by atoms with E-state index in [0.717, 1.165) is 29.7 Å². The van der Waals surface area contributed by atoms with Crippen molar-refractivity contribution in [3.05, 3.63) is 54.9 Å². The second-order valence-electron chi connectivity index (χ2n) is 7.95. The Hall–Kier alpha value is -3.35. The molecule has 31 heavy (non-hydrogen) atoms. The Kier molecular flexibility index (Phi) is 5.10. The Bertz CT molecular complexity index is 1150. The molecule has 2 aromatic carbocycles. The molecule has 0 atom stereocenters. The van der Waals surface area contributed by atoms with Crippen LogP contribution in [0.3, 0.4) is 0 Å². The van der Waals surface area contributed by atoms with E-state index < -0.39 is 0 Å². The van der Waals surface area contributed by atoms with Gasteiger partial charge in [0.25, 0.3) is 0 Å². The molecule has 6 nitrogen and oxygen atoms in total. The second-order valence-corrected chi connectivity index (χ2v) is 7.95. The molecule has 0 aliphatic carbocycles. The Morgan fingerprint density at radius 2 is 1.97 bits per heavy atom. The monoisotopic (exact) mass is 421 g/mol. The molecule has 0 N–H and O–H groups in total. The van der Waals surface area contributed by atoms with E-state index in [-0.39, 0.29) is 24.6 Å². The van der Waals surface area contributed by atoms with Gasteiger partial charge in [-0.3, -0.25) is 4.79 Å². The molecule has 2 aliphatic heterocycles. The molecule has 0 bridgehead atoms. The highest BCUT2D eigenvalue weighted by Crippen LogP contribution is 2.39. The van der Waals surface area contributed by atoms with Crippen LogP contribution >= 0.6 is 0 Å². The number of piperidine rings is 1. The summed E-state index contributed by atoms with van der Waals surface area (Å²) in [5.74, 6) is 2.04. The van der Waals surface area contributed by atoms with Crippen molar-refractivity contribution in [3.8, 4) is 22.9 Å². The second kappa shape index (κ2) is 8.06. The van der Waals surface area contributed by atoms with Crippen molar-refractivity contribution in [2.24, 2.45) is 0 Å². The zero-order valence-corrected chi connectivity index (χ0v) is 17.2. The van der Waals surface area contributed by atoms with E-state index in [1.807, 2.05) is 23.1 Å². The van der Waals surface area contributed by atoms with Crippen LogP contribution in [0.5, 0.6) is 11.5 Å². The summed E-state index contributed by atoms with van der Waals surface area (Å²) in [5, 5.41) is 0. The van der Waals surface area contributed by atoms with Crippen LogP contribution in [-0.2, 0) is 4.79 Å². The average Bonchev–Trinajstić information content (AvgIpc) is 3.41. The van der Waals surface area contributed by atoms with Crippen molar-refractivity contribution >= 4 is 16.9 Å². The largest absolute Gasteiger partial charge is 0.454 e. The molecule has 0 saturated carbocycles. The molecule has 7 heteroatoms. The number of amides is 1. The predicted octanol–water partition coefficient (Wildman–Crippen LogP) is 4.70. The third-order valence-corrected chi connectivity index (χ3v) is 6.03. The molecule has 160 valence electrons. The van der Waals surface area contributed by atoms with Gasteiger partial charge in [-0.05, 0) is 49.6 Å². The van der Waals surface area contributed by atoms with Crippen molar-refractivity contribution in [2.45, 2.75) is 31.7 Å². The van der Waals surface area contributed by atoms with E-state index in [4.69, 9.17) is 14.5 Å². The molecular formula is C24H24FN3O3. The molecule has 3 heterocycles. The minimum absolute atomic E-state index is 0.166. The number of hydrogen-bond acceptors (Lipinski definition) is 4. The van der Waals surface area contributed by atoms with Crippen molar-refractivity contribution < 1.29 is 18.7 Å². The van der Waals surface area contributed by atoms with Gasteiger partial charge in [0, 0.05) is 37.2 Å². The van der Waals surface area contributed by atoms with E-state index in [1.165, 1.54) is 12.1 Å². The van der Waals surface area contributed by atoms with Crippen molar-refractivity contribution in [2.75, 3.05) is 19.9 Å². The molecule has 1 fully saturated rings. The van der Waals surface area contributed by atoms with E-state index in [0.29, 0.717) is 42.9 Å². The van der Waals surface area contributed by atoms with Crippen molar-refractivity contribution in [3.63, 3.8) is 0 Å². The van der Waals surface area contributed by atoms with Crippen LogP contribution in [0.25, 0.3) is 22.4 Å². The van der Waals surface area contributed by atoms with Crippen LogP contribution < -0.4 is 9.47 Å². The summed E-state index contributed by atoms with van der Waals surface area (Å²) in [6.45, 7) is 5.29. The number of fused-ring (bicyclic) bond motifs is 2. The first-order valence-corrected chi connectivity index (χ1v) is 10.6. The fourth-order valence-electron chi connectivity index (χ4n) is 4.44. The fourth-order valence-corrected chi connectivity index (χ4v) is 4.44. The average molecular weight is 421 g/mol. The van der Waals surface area contributed by atoms with Gasteiger partial charge in [-0.15, -0.1) is 6.58 Å². The van der Waals surface area contributed by atoms with Gasteiger partial charge in [0.15, 0.2) is 11.5 Å². The number of imidazole rings is 1. The smallest absolute Gasteiger partial charge is 0.231 e. The van der Waals surface area contributed by atoms with Gasteiger partial charge >= 0.3 is 0 Å². The Balaban J connectivity index is 1.49. The number of ether oxygens (including phenoxy) is 2. The minimum Gasteiger partial charge on any atom is -0.454 e. The molecule has 2 aliphatic rings. The Morgan fingerprint density at radius 1 is 1.16 bits per heavy atom. The van der Waals surface area contributed by atoms with Crippen LogP contribution in [-0.4, -0.2) is 40.2 Å². The van der Waals surface area contributed by atoms with Gasteiger partial charge in [0.1, 0.15) is 11.6 Å². The first kappa shape index (κ1) is 19.6. The van der Waals surface area contributed by atoms with Gasteiger partial charge in [0.2, 0.25) is 12.7 Å². The summed E-state index contributed by atoms with van der Waals surface area (Å²) >= 11 is 0. The fraction of sp³-hybridized carbons (Fsp3) is 0.333.